The number of hydrogen-bond donors (Lipinski definition) is 1. The highest BCUT2D eigenvalue weighted by Crippen LogP contribution is 2.27. The van der Waals surface area contributed by atoms with Gasteiger partial charge in [0.05, 0.1) is 0 Å². The molecule has 0 spiro atoms. The zero-order chi connectivity index (χ0) is 20.0. The van der Waals surface area contributed by atoms with Crippen LogP contribution < -0.4 is 4.72 Å². The maximum absolute atomic E-state index is 13.5. The van der Waals surface area contributed by atoms with Crippen molar-refractivity contribution in [2.24, 2.45) is 5.92 Å². The number of halogens is 2. The first-order valence-corrected chi connectivity index (χ1v) is 10.3. The Morgan fingerprint density at radius 2 is 1.89 bits per heavy atom. The van der Waals surface area contributed by atoms with Crippen LogP contribution >= 0.6 is 0 Å². The second kappa shape index (κ2) is 9.71. The van der Waals surface area contributed by atoms with E-state index >= 15 is 0 Å². The largest absolute Gasteiger partial charge is 0.598 e. The van der Waals surface area contributed by atoms with Crippen LogP contribution in [0, 0.1) is 5.92 Å². The zero-order valence-corrected chi connectivity index (χ0v) is 16.8. The van der Waals surface area contributed by atoms with Gasteiger partial charge in [0.1, 0.15) is 17.4 Å². The van der Waals surface area contributed by atoms with Crippen LogP contribution in [0.4, 0.5) is 13.6 Å². The Hall–Kier alpha value is -1.38. The van der Waals surface area contributed by atoms with Gasteiger partial charge in [-0.1, -0.05) is 30.3 Å². The Balaban J connectivity index is 1.84. The number of alkyl halides is 2. The first-order chi connectivity index (χ1) is 12.7. The average molecular weight is 403 g/mol. The fourth-order valence-electron chi connectivity index (χ4n) is 2.91. The number of carbonyl (C=O) groups is 1. The number of benzene rings is 1. The Morgan fingerprint density at radius 1 is 1.30 bits per heavy atom. The van der Waals surface area contributed by atoms with Crippen molar-refractivity contribution in [3.05, 3.63) is 35.9 Å². The SMILES string of the molecule is CC(C)(C)[S@+]([O-])N[C@@H](C(F)F)C1CCN(C(=O)OCc2ccccc2)CC1. The molecule has 5 nitrogen and oxygen atoms in total. The van der Waals surface area contributed by atoms with Crippen LogP contribution in [0.3, 0.4) is 0 Å². The van der Waals surface area contributed by atoms with E-state index in [2.05, 4.69) is 4.72 Å². The van der Waals surface area contributed by atoms with Crippen LogP contribution in [0.5, 0.6) is 0 Å². The first-order valence-electron chi connectivity index (χ1n) is 9.10. The van der Waals surface area contributed by atoms with E-state index in [1.165, 1.54) is 0 Å². The van der Waals surface area contributed by atoms with Gasteiger partial charge in [0.2, 0.25) is 0 Å². The Kier molecular flexibility index (Phi) is 7.88. The van der Waals surface area contributed by atoms with Gasteiger partial charge in [-0.2, -0.15) is 0 Å². The normalized spacial score (nSPS) is 18.4. The van der Waals surface area contributed by atoms with Gasteiger partial charge in [0.25, 0.3) is 6.43 Å². The summed E-state index contributed by atoms with van der Waals surface area (Å²) in [6, 6.07) is 8.21. The van der Waals surface area contributed by atoms with Crippen LogP contribution in [0.15, 0.2) is 30.3 Å². The fourth-order valence-corrected chi connectivity index (χ4v) is 3.80. The van der Waals surface area contributed by atoms with E-state index in [4.69, 9.17) is 4.74 Å². The van der Waals surface area contributed by atoms with Crippen LogP contribution in [-0.2, 0) is 22.7 Å². The lowest BCUT2D eigenvalue weighted by Crippen LogP contribution is -2.53. The molecule has 0 aromatic heterocycles. The molecule has 1 fully saturated rings. The molecule has 152 valence electrons. The summed E-state index contributed by atoms with van der Waals surface area (Å²) in [5, 5.41) is 0. The van der Waals surface area contributed by atoms with Gasteiger partial charge >= 0.3 is 6.09 Å². The van der Waals surface area contributed by atoms with Gasteiger partial charge < -0.3 is 14.2 Å². The predicted molar refractivity (Wildman–Crippen MR) is 102 cm³/mol. The van der Waals surface area contributed by atoms with Gasteiger partial charge in [-0.05, 0) is 45.1 Å². The topological polar surface area (TPSA) is 64.6 Å². The number of hydrogen-bond acceptors (Lipinski definition) is 4. The number of nitrogens with zero attached hydrogens (tertiary/aromatic N) is 1. The number of ether oxygens (including phenoxy) is 1. The van der Waals surface area contributed by atoms with Crippen molar-refractivity contribution >= 4 is 17.5 Å². The highest BCUT2D eigenvalue weighted by molar-refractivity contribution is 7.90. The maximum Gasteiger partial charge on any atom is 0.410 e. The van der Waals surface area contributed by atoms with E-state index in [1.54, 1.807) is 25.7 Å². The molecular weight excluding hydrogens is 374 g/mol. The molecular formula is C19H28F2N2O3S. The van der Waals surface area contributed by atoms with Gasteiger partial charge in [-0.3, -0.25) is 0 Å². The first kappa shape index (κ1) is 21.9. The molecule has 8 heteroatoms. The quantitative estimate of drug-likeness (QED) is 0.737. The van der Waals surface area contributed by atoms with Crippen molar-refractivity contribution in [1.82, 2.24) is 9.62 Å². The molecule has 2 atom stereocenters. The molecule has 0 radical (unpaired) electrons. The number of amides is 1. The van der Waals surface area contributed by atoms with Crippen molar-refractivity contribution < 1.29 is 22.9 Å². The summed E-state index contributed by atoms with van der Waals surface area (Å²) in [5.74, 6) is -0.338. The molecule has 0 unspecified atom stereocenters. The number of piperidine rings is 1. The highest BCUT2D eigenvalue weighted by atomic mass is 32.2. The molecule has 27 heavy (non-hydrogen) atoms. The van der Waals surface area contributed by atoms with Gasteiger partial charge in [0, 0.05) is 24.5 Å². The third-order valence-corrected chi connectivity index (χ3v) is 6.18. The van der Waals surface area contributed by atoms with Crippen molar-refractivity contribution in [1.29, 1.82) is 0 Å². The summed E-state index contributed by atoms with van der Waals surface area (Å²) >= 11 is -1.57. The van der Waals surface area contributed by atoms with E-state index in [-0.39, 0.29) is 12.5 Å². The second-order valence-electron chi connectivity index (χ2n) is 7.72. The molecule has 0 saturated carbocycles. The summed E-state index contributed by atoms with van der Waals surface area (Å²) < 4.78 is 46.5. The minimum Gasteiger partial charge on any atom is -0.598 e. The number of nitrogens with one attached hydrogen (secondary N) is 1. The lowest BCUT2D eigenvalue weighted by Gasteiger charge is -2.36. The summed E-state index contributed by atoms with van der Waals surface area (Å²) in [6.07, 6.45) is -2.21. The van der Waals surface area contributed by atoms with E-state index in [0.29, 0.717) is 25.9 Å². The molecule has 1 aromatic rings. The van der Waals surface area contributed by atoms with Gasteiger partial charge in [-0.15, -0.1) is 4.72 Å². The van der Waals surface area contributed by atoms with Crippen LogP contribution in [0.25, 0.3) is 0 Å². The summed E-state index contributed by atoms with van der Waals surface area (Å²) in [4.78, 5) is 13.7. The summed E-state index contributed by atoms with van der Waals surface area (Å²) in [6.45, 7) is 6.11. The Morgan fingerprint density at radius 3 is 2.41 bits per heavy atom. The molecule has 1 saturated heterocycles. The third-order valence-electron chi connectivity index (χ3n) is 4.58. The lowest BCUT2D eigenvalue weighted by atomic mass is 9.90. The van der Waals surface area contributed by atoms with E-state index in [0.717, 1.165) is 5.56 Å². The Bertz CT molecular complexity index is 590. The van der Waals surface area contributed by atoms with E-state index < -0.39 is 34.7 Å². The lowest BCUT2D eigenvalue weighted by molar-refractivity contribution is 0.0463. The second-order valence-corrected chi connectivity index (χ2v) is 9.72. The molecule has 0 bridgehead atoms. The van der Waals surface area contributed by atoms with Crippen molar-refractivity contribution in [2.75, 3.05) is 13.1 Å². The molecule has 1 amide bonds. The fraction of sp³-hybridized carbons (Fsp3) is 0.632. The standard InChI is InChI=1S/C19H28F2N2O3S/c1-19(2,3)27(25)22-16(17(20)21)15-9-11-23(12-10-15)18(24)26-13-14-7-5-4-6-8-14/h4-8,15-17,22H,9-13H2,1-3H3/t16-,27+/m1/s1. The molecule has 1 N–H and O–H groups in total. The van der Waals surface area contributed by atoms with Crippen molar-refractivity contribution in [3.63, 3.8) is 0 Å². The van der Waals surface area contributed by atoms with Crippen molar-refractivity contribution in [2.45, 2.75) is 57.4 Å². The monoisotopic (exact) mass is 402 g/mol. The molecule has 1 heterocycles. The van der Waals surface area contributed by atoms with E-state index in [1.807, 2.05) is 30.3 Å². The minimum absolute atomic E-state index is 0.186. The molecule has 1 aromatic carbocycles. The minimum atomic E-state index is -2.61. The van der Waals surface area contributed by atoms with Crippen LogP contribution in [0.1, 0.15) is 39.2 Å². The predicted octanol–water partition coefficient (Wildman–Crippen LogP) is 3.72. The number of carbonyl (C=O) groups excluding carboxylic acids is 1. The summed E-state index contributed by atoms with van der Waals surface area (Å²) in [5.41, 5.74) is 0.896. The smallest absolute Gasteiger partial charge is 0.410 e. The molecule has 0 aliphatic carbocycles. The number of likely N-dealkylation sites (tertiary alicyclic amines) is 1. The van der Waals surface area contributed by atoms with Crippen molar-refractivity contribution in [3.8, 4) is 0 Å². The number of rotatable bonds is 6. The highest BCUT2D eigenvalue weighted by Gasteiger charge is 2.39. The van der Waals surface area contributed by atoms with Crippen LogP contribution in [0.2, 0.25) is 0 Å². The maximum atomic E-state index is 13.5. The Labute approximate surface area is 162 Å². The van der Waals surface area contributed by atoms with E-state index in [9.17, 15) is 18.1 Å². The molecule has 1 aliphatic rings. The third kappa shape index (κ3) is 6.62. The molecule has 2 rings (SSSR count). The average Bonchev–Trinajstić information content (AvgIpc) is 2.64. The molecule has 1 aliphatic heterocycles. The van der Waals surface area contributed by atoms with Gasteiger partial charge in [-0.25, -0.2) is 13.6 Å². The summed E-state index contributed by atoms with van der Waals surface area (Å²) in [7, 11) is 0. The van der Waals surface area contributed by atoms with Gasteiger partial charge in [0.15, 0.2) is 0 Å². The zero-order valence-electron chi connectivity index (χ0n) is 16.0. The van der Waals surface area contributed by atoms with Crippen LogP contribution in [-0.4, -0.2) is 45.8 Å².